The molecule has 2 N–H and O–H groups in total. The molecule has 0 unspecified atom stereocenters. The van der Waals surface area contributed by atoms with Gasteiger partial charge >= 0.3 is 0 Å². The summed E-state index contributed by atoms with van der Waals surface area (Å²) in [6.45, 7) is 2.47. The number of anilines is 1. The molecule has 0 fully saturated rings. The van der Waals surface area contributed by atoms with Crippen molar-refractivity contribution >= 4 is 17.5 Å². The van der Waals surface area contributed by atoms with Gasteiger partial charge in [0.05, 0.1) is 0 Å². The smallest absolute Gasteiger partial charge is 0.274 e. The Balaban J connectivity index is 1.50. The normalized spacial score (nSPS) is 10.5. The highest BCUT2D eigenvalue weighted by Crippen LogP contribution is 2.22. The molecule has 32 heavy (non-hydrogen) atoms. The molecule has 0 radical (unpaired) electrons. The van der Waals surface area contributed by atoms with E-state index in [1.54, 1.807) is 37.1 Å². The number of carbonyl (C=O) groups excluding carboxylic acids is 2. The summed E-state index contributed by atoms with van der Waals surface area (Å²) in [7, 11) is 0. The average Bonchev–Trinajstić information content (AvgIpc) is 3.28. The summed E-state index contributed by atoms with van der Waals surface area (Å²) in [5, 5.41) is 13.8. The zero-order valence-electron chi connectivity index (χ0n) is 17.4. The first-order valence-electron chi connectivity index (χ1n) is 10.0. The Bertz CT molecular complexity index is 1240. The third kappa shape index (κ3) is 5.01. The fourth-order valence-electron chi connectivity index (χ4n) is 3.19. The van der Waals surface area contributed by atoms with Crippen molar-refractivity contribution in [1.82, 2.24) is 30.0 Å². The summed E-state index contributed by atoms with van der Waals surface area (Å²) in [4.78, 5) is 32.2. The van der Waals surface area contributed by atoms with Gasteiger partial charge in [0.25, 0.3) is 5.91 Å². The Morgan fingerprint density at radius 3 is 2.69 bits per heavy atom. The summed E-state index contributed by atoms with van der Waals surface area (Å²) in [5.41, 5.74) is 3.47. The van der Waals surface area contributed by atoms with E-state index in [1.807, 2.05) is 41.0 Å². The SMILES string of the molecule is CC(=O)NCCn1cnnc1-c1cccc(NC(=O)c2cc(-c3cccnc3)ccn2)c1. The number of hydrogen-bond donors (Lipinski definition) is 2. The van der Waals surface area contributed by atoms with Crippen molar-refractivity contribution in [2.75, 3.05) is 11.9 Å². The van der Waals surface area contributed by atoms with Crippen LogP contribution in [0.4, 0.5) is 5.69 Å². The lowest BCUT2D eigenvalue weighted by molar-refractivity contribution is -0.118. The van der Waals surface area contributed by atoms with Crippen molar-refractivity contribution in [1.29, 1.82) is 0 Å². The van der Waals surface area contributed by atoms with Crippen LogP contribution in [0, 0.1) is 0 Å². The monoisotopic (exact) mass is 427 g/mol. The zero-order chi connectivity index (χ0) is 22.3. The van der Waals surface area contributed by atoms with Crippen LogP contribution in [-0.2, 0) is 11.3 Å². The van der Waals surface area contributed by atoms with E-state index in [0.29, 0.717) is 30.3 Å². The molecule has 2 amide bonds. The van der Waals surface area contributed by atoms with Gasteiger partial charge in [0.2, 0.25) is 5.91 Å². The first-order valence-corrected chi connectivity index (χ1v) is 10.0. The number of nitrogens with zero attached hydrogens (tertiary/aromatic N) is 5. The molecule has 4 rings (SSSR count). The van der Waals surface area contributed by atoms with E-state index in [2.05, 4.69) is 30.8 Å². The number of aromatic nitrogens is 5. The van der Waals surface area contributed by atoms with Gasteiger partial charge in [-0.05, 0) is 35.9 Å². The lowest BCUT2D eigenvalue weighted by atomic mass is 10.1. The topological polar surface area (TPSA) is 115 Å². The molecule has 0 bridgehead atoms. The number of amides is 2. The van der Waals surface area contributed by atoms with Gasteiger partial charge in [-0.25, -0.2) is 0 Å². The second-order valence-corrected chi connectivity index (χ2v) is 7.04. The number of hydrogen-bond acceptors (Lipinski definition) is 6. The van der Waals surface area contributed by atoms with Crippen molar-refractivity contribution < 1.29 is 9.59 Å². The van der Waals surface area contributed by atoms with E-state index in [9.17, 15) is 9.59 Å². The van der Waals surface area contributed by atoms with E-state index >= 15 is 0 Å². The van der Waals surface area contributed by atoms with Gasteiger partial charge in [0.15, 0.2) is 5.82 Å². The molecule has 9 heteroatoms. The van der Waals surface area contributed by atoms with Crippen molar-refractivity contribution in [3.05, 3.63) is 79.1 Å². The Morgan fingerprint density at radius 2 is 1.88 bits per heavy atom. The Morgan fingerprint density at radius 1 is 1.00 bits per heavy atom. The van der Waals surface area contributed by atoms with Crippen LogP contribution >= 0.6 is 0 Å². The van der Waals surface area contributed by atoms with Crippen LogP contribution in [0.2, 0.25) is 0 Å². The van der Waals surface area contributed by atoms with E-state index in [1.165, 1.54) is 6.92 Å². The van der Waals surface area contributed by atoms with Crippen molar-refractivity contribution in [3.63, 3.8) is 0 Å². The molecule has 3 heterocycles. The van der Waals surface area contributed by atoms with Gasteiger partial charge in [-0.1, -0.05) is 18.2 Å². The summed E-state index contributed by atoms with van der Waals surface area (Å²) >= 11 is 0. The number of carbonyl (C=O) groups is 2. The highest BCUT2D eigenvalue weighted by Gasteiger charge is 2.12. The molecule has 0 aliphatic heterocycles. The Kier molecular flexibility index (Phi) is 6.26. The molecule has 9 nitrogen and oxygen atoms in total. The highest BCUT2D eigenvalue weighted by atomic mass is 16.2. The molecule has 3 aromatic heterocycles. The highest BCUT2D eigenvalue weighted by molar-refractivity contribution is 6.03. The van der Waals surface area contributed by atoms with Crippen LogP contribution < -0.4 is 10.6 Å². The molecule has 0 spiro atoms. The fraction of sp³-hybridized carbons (Fsp3) is 0.130. The third-order valence-electron chi connectivity index (χ3n) is 4.71. The minimum absolute atomic E-state index is 0.0921. The minimum atomic E-state index is -0.319. The van der Waals surface area contributed by atoms with Gasteiger partial charge in [-0.3, -0.25) is 19.6 Å². The predicted molar refractivity (Wildman–Crippen MR) is 120 cm³/mol. The van der Waals surface area contributed by atoms with E-state index < -0.39 is 0 Å². The first kappa shape index (κ1) is 20.9. The molecule has 4 aromatic rings. The van der Waals surface area contributed by atoms with Crippen molar-refractivity contribution in [2.24, 2.45) is 0 Å². The first-order chi connectivity index (χ1) is 15.6. The van der Waals surface area contributed by atoms with Crippen molar-refractivity contribution in [2.45, 2.75) is 13.5 Å². The summed E-state index contributed by atoms with van der Waals surface area (Å²) in [5.74, 6) is 0.230. The molecular formula is C23H21N7O2. The quantitative estimate of drug-likeness (QED) is 0.469. The maximum atomic E-state index is 12.8. The maximum absolute atomic E-state index is 12.8. The van der Waals surface area contributed by atoms with Gasteiger partial charge in [0, 0.05) is 55.4 Å². The number of benzene rings is 1. The van der Waals surface area contributed by atoms with Gasteiger partial charge in [0.1, 0.15) is 12.0 Å². The van der Waals surface area contributed by atoms with Gasteiger partial charge < -0.3 is 15.2 Å². The standard InChI is InChI=1S/C23H21N7O2/c1-16(31)25-10-11-30-15-27-29-22(30)18-4-2-6-20(12-18)28-23(32)21-13-17(7-9-26-21)19-5-3-8-24-14-19/h2-9,12-15H,10-11H2,1H3,(H,25,31)(H,28,32). The van der Waals surface area contributed by atoms with Gasteiger partial charge in [-0.2, -0.15) is 0 Å². The Hall–Kier alpha value is -4.40. The fourth-order valence-corrected chi connectivity index (χ4v) is 3.19. The molecule has 0 atom stereocenters. The van der Waals surface area contributed by atoms with Crippen LogP contribution in [0.5, 0.6) is 0 Å². The molecule has 0 aliphatic rings. The second-order valence-electron chi connectivity index (χ2n) is 7.04. The Labute approximate surface area is 184 Å². The summed E-state index contributed by atoms with van der Waals surface area (Å²) in [6, 6.07) is 14.7. The van der Waals surface area contributed by atoms with Crippen LogP contribution in [0.1, 0.15) is 17.4 Å². The predicted octanol–water partition coefficient (Wildman–Crippen LogP) is 2.79. The third-order valence-corrected chi connectivity index (χ3v) is 4.71. The minimum Gasteiger partial charge on any atom is -0.355 e. The molecule has 160 valence electrons. The lowest BCUT2D eigenvalue weighted by Crippen LogP contribution is -2.24. The molecule has 1 aromatic carbocycles. The van der Waals surface area contributed by atoms with E-state index in [-0.39, 0.29) is 11.8 Å². The van der Waals surface area contributed by atoms with Crippen molar-refractivity contribution in [3.8, 4) is 22.5 Å². The molecule has 0 saturated heterocycles. The molecular weight excluding hydrogens is 406 g/mol. The zero-order valence-corrected chi connectivity index (χ0v) is 17.4. The van der Waals surface area contributed by atoms with E-state index in [4.69, 9.17) is 0 Å². The summed E-state index contributed by atoms with van der Waals surface area (Å²) in [6.07, 6.45) is 6.65. The second kappa shape index (κ2) is 9.61. The van der Waals surface area contributed by atoms with Crippen LogP contribution in [0.25, 0.3) is 22.5 Å². The summed E-state index contributed by atoms with van der Waals surface area (Å²) < 4.78 is 1.84. The van der Waals surface area contributed by atoms with Crippen LogP contribution in [0.3, 0.4) is 0 Å². The number of nitrogens with one attached hydrogen (secondary N) is 2. The molecule has 0 aliphatic carbocycles. The molecule has 0 saturated carbocycles. The number of pyridine rings is 2. The lowest BCUT2D eigenvalue weighted by Gasteiger charge is -2.10. The maximum Gasteiger partial charge on any atom is 0.274 e. The van der Waals surface area contributed by atoms with Gasteiger partial charge in [-0.15, -0.1) is 10.2 Å². The van der Waals surface area contributed by atoms with Crippen LogP contribution in [0.15, 0.2) is 73.4 Å². The largest absolute Gasteiger partial charge is 0.355 e. The van der Waals surface area contributed by atoms with E-state index in [0.717, 1.165) is 16.7 Å². The van der Waals surface area contributed by atoms with Crippen LogP contribution in [-0.4, -0.2) is 43.1 Å². The average molecular weight is 427 g/mol. The number of rotatable bonds is 7.